The highest BCUT2D eigenvalue weighted by molar-refractivity contribution is 6.03. The summed E-state index contributed by atoms with van der Waals surface area (Å²) in [5.41, 5.74) is 2.22. The molecule has 0 bridgehead atoms. The monoisotopic (exact) mass is 188 g/mol. The van der Waals surface area contributed by atoms with Crippen LogP contribution < -0.4 is 0 Å². The Morgan fingerprint density at radius 1 is 1.29 bits per heavy atom. The number of hydrogen-bond acceptors (Lipinski definition) is 2. The van der Waals surface area contributed by atoms with E-state index in [0.29, 0.717) is 12.8 Å². The van der Waals surface area contributed by atoms with Crippen LogP contribution in [0, 0.1) is 5.92 Å². The Balaban J connectivity index is 2.36. The van der Waals surface area contributed by atoms with Gasteiger partial charge < -0.3 is 0 Å². The minimum atomic E-state index is -0.398. The molecule has 0 aromatic heterocycles. The average Bonchev–Trinajstić information content (AvgIpc) is 2.16. The van der Waals surface area contributed by atoms with Gasteiger partial charge in [-0.15, -0.1) is 0 Å². The highest BCUT2D eigenvalue weighted by Gasteiger charge is 2.28. The highest BCUT2D eigenvalue weighted by Crippen LogP contribution is 2.23. The van der Waals surface area contributed by atoms with Crippen LogP contribution in [0.1, 0.15) is 18.1 Å². The van der Waals surface area contributed by atoms with Gasteiger partial charge >= 0.3 is 0 Å². The zero-order valence-corrected chi connectivity index (χ0v) is 8.12. The normalized spacial score (nSPS) is 20.4. The van der Waals surface area contributed by atoms with Gasteiger partial charge in [-0.05, 0) is 24.5 Å². The summed E-state index contributed by atoms with van der Waals surface area (Å²) in [7, 11) is 0. The summed E-state index contributed by atoms with van der Waals surface area (Å²) in [6, 6.07) is 7.84. The van der Waals surface area contributed by atoms with Gasteiger partial charge in [0.2, 0.25) is 0 Å². The standard InChI is InChI=1S/C12H12O2/c1-8(13)11-6-9-4-2-3-5-10(9)7-12(11)14/h2-5,11H,6-7H2,1H3/t11-/m1/s1. The summed E-state index contributed by atoms with van der Waals surface area (Å²) < 4.78 is 0. The van der Waals surface area contributed by atoms with Crippen LogP contribution in [0.25, 0.3) is 0 Å². The highest BCUT2D eigenvalue weighted by atomic mass is 16.1. The quantitative estimate of drug-likeness (QED) is 0.627. The van der Waals surface area contributed by atoms with E-state index in [0.717, 1.165) is 11.1 Å². The number of carbonyl (C=O) groups is 2. The molecule has 2 nitrogen and oxygen atoms in total. The van der Waals surface area contributed by atoms with Crippen LogP contribution in [0.15, 0.2) is 24.3 Å². The maximum absolute atomic E-state index is 11.6. The molecule has 0 radical (unpaired) electrons. The first-order valence-corrected chi connectivity index (χ1v) is 4.78. The van der Waals surface area contributed by atoms with E-state index in [2.05, 4.69) is 0 Å². The van der Waals surface area contributed by atoms with Crippen LogP contribution in [0.5, 0.6) is 0 Å². The zero-order chi connectivity index (χ0) is 10.1. The first-order valence-electron chi connectivity index (χ1n) is 4.78. The molecule has 1 aromatic carbocycles. The van der Waals surface area contributed by atoms with Crippen molar-refractivity contribution in [1.82, 2.24) is 0 Å². The molecule has 1 atom stereocenters. The largest absolute Gasteiger partial charge is 0.299 e. The van der Waals surface area contributed by atoms with Crippen molar-refractivity contribution in [2.24, 2.45) is 5.92 Å². The smallest absolute Gasteiger partial charge is 0.148 e. The van der Waals surface area contributed by atoms with Gasteiger partial charge in [-0.2, -0.15) is 0 Å². The van der Waals surface area contributed by atoms with Gasteiger partial charge in [0.15, 0.2) is 0 Å². The fraction of sp³-hybridized carbons (Fsp3) is 0.333. The van der Waals surface area contributed by atoms with E-state index in [1.807, 2.05) is 24.3 Å². The molecule has 14 heavy (non-hydrogen) atoms. The topological polar surface area (TPSA) is 34.1 Å². The number of benzene rings is 1. The minimum absolute atomic E-state index is 0.00972. The van der Waals surface area contributed by atoms with Crippen molar-refractivity contribution in [2.75, 3.05) is 0 Å². The second-order valence-electron chi connectivity index (χ2n) is 3.78. The molecule has 0 heterocycles. The SMILES string of the molecule is CC(=O)[C@H]1Cc2ccccc2CC1=O. The molecule has 0 aliphatic heterocycles. The van der Waals surface area contributed by atoms with Crippen LogP contribution >= 0.6 is 0 Å². The van der Waals surface area contributed by atoms with Crippen molar-refractivity contribution in [2.45, 2.75) is 19.8 Å². The second kappa shape index (κ2) is 3.37. The number of carbonyl (C=O) groups excluding carboxylic acids is 2. The lowest BCUT2D eigenvalue weighted by Gasteiger charge is -2.21. The first kappa shape index (κ1) is 9.13. The Labute approximate surface area is 82.9 Å². The second-order valence-corrected chi connectivity index (χ2v) is 3.78. The van der Waals surface area contributed by atoms with E-state index in [1.165, 1.54) is 6.92 Å². The van der Waals surface area contributed by atoms with Crippen LogP contribution in [0.4, 0.5) is 0 Å². The maximum atomic E-state index is 11.6. The molecule has 0 N–H and O–H groups in total. The van der Waals surface area contributed by atoms with E-state index in [1.54, 1.807) is 0 Å². The molecule has 2 rings (SSSR count). The summed E-state index contributed by atoms with van der Waals surface area (Å²) in [4.78, 5) is 22.8. The summed E-state index contributed by atoms with van der Waals surface area (Å²) in [6.07, 6.45) is 1.00. The lowest BCUT2D eigenvalue weighted by atomic mass is 9.81. The van der Waals surface area contributed by atoms with Crippen molar-refractivity contribution < 1.29 is 9.59 Å². The van der Waals surface area contributed by atoms with E-state index in [-0.39, 0.29) is 11.6 Å². The van der Waals surface area contributed by atoms with Crippen LogP contribution in [-0.4, -0.2) is 11.6 Å². The number of Topliss-reactive ketones (excluding diaryl/α,β-unsaturated/α-hetero) is 2. The Bertz CT molecular complexity index is 393. The summed E-state index contributed by atoms with van der Waals surface area (Å²) in [6.45, 7) is 1.50. The van der Waals surface area contributed by atoms with Crippen LogP contribution in [-0.2, 0) is 22.4 Å². The molecule has 72 valence electrons. The molecule has 0 fully saturated rings. The molecule has 0 amide bonds. The Morgan fingerprint density at radius 2 is 1.93 bits per heavy atom. The molecular formula is C12H12O2. The van der Waals surface area contributed by atoms with Gasteiger partial charge in [-0.25, -0.2) is 0 Å². The lowest BCUT2D eigenvalue weighted by molar-refractivity contribution is -0.131. The van der Waals surface area contributed by atoms with Gasteiger partial charge in [-0.1, -0.05) is 24.3 Å². The third kappa shape index (κ3) is 1.48. The summed E-state index contributed by atoms with van der Waals surface area (Å²) >= 11 is 0. The molecule has 0 saturated heterocycles. The molecule has 1 aliphatic carbocycles. The van der Waals surface area contributed by atoms with Crippen molar-refractivity contribution in [1.29, 1.82) is 0 Å². The van der Waals surface area contributed by atoms with Gasteiger partial charge in [0.1, 0.15) is 11.6 Å². The van der Waals surface area contributed by atoms with Crippen LogP contribution in [0.3, 0.4) is 0 Å². The van der Waals surface area contributed by atoms with Crippen molar-refractivity contribution in [3.8, 4) is 0 Å². The fourth-order valence-electron chi connectivity index (χ4n) is 1.94. The maximum Gasteiger partial charge on any atom is 0.148 e. The third-order valence-electron chi connectivity index (χ3n) is 2.79. The molecule has 0 unspecified atom stereocenters. The molecule has 2 heteroatoms. The molecule has 0 spiro atoms. The van der Waals surface area contributed by atoms with Crippen molar-refractivity contribution in [3.63, 3.8) is 0 Å². The van der Waals surface area contributed by atoms with Crippen molar-refractivity contribution in [3.05, 3.63) is 35.4 Å². The molecule has 0 saturated carbocycles. The number of hydrogen-bond donors (Lipinski definition) is 0. The fourth-order valence-corrected chi connectivity index (χ4v) is 1.94. The van der Waals surface area contributed by atoms with Gasteiger partial charge in [0.05, 0.1) is 5.92 Å². The third-order valence-corrected chi connectivity index (χ3v) is 2.79. The molecule has 1 aliphatic rings. The zero-order valence-electron chi connectivity index (χ0n) is 8.12. The molecule has 1 aromatic rings. The Kier molecular flexibility index (Phi) is 2.20. The number of rotatable bonds is 1. The first-order chi connectivity index (χ1) is 6.68. The van der Waals surface area contributed by atoms with E-state index >= 15 is 0 Å². The summed E-state index contributed by atoms with van der Waals surface area (Å²) in [5.74, 6) is -0.342. The summed E-state index contributed by atoms with van der Waals surface area (Å²) in [5, 5.41) is 0. The van der Waals surface area contributed by atoms with Gasteiger partial charge in [-0.3, -0.25) is 9.59 Å². The molecular weight excluding hydrogens is 176 g/mol. The Morgan fingerprint density at radius 3 is 2.57 bits per heavy atom. The lowest BCUT2D eigenvalue weighted by Crippen LogP contribution is -2.30. The van der Waals surface area contributed by atoms with E-state index in [9.17, 15) is 9.59 Å². The minimum Gasteiger partial charge on any atom is -0.299 e. The van der Waals surface area contributed by atoms with Crippen LogP contribution in [0.2, 0.25) is 0 Å². The number of fused-ring (bicyclic) bond motifs is 1. The predicted molar refractivity (Wildman–Crippen MR) is 53.0 cm³/mol. The Hall–Kier alpha value is -1.44. The van der Waals surface area contributed by atoms with Gasteiger partial charge in [0, 0.05) is 6.42 Å². The number of ketones is 2. The van der Waals surface area contributed by atoms with E-state index in [4.69, 9.17) is 0 Å². The van der Waals surface area contributed by atoms with Crippen molar-refractivity contribution >= 4 is 11.6 Å². The van der Waals surface area contributed by atoms with E-state index < -0.39 is 5.92 Å². The predicted octanol–water partition coefficient (Wildman–Crippen LogP) is 1.56. The van der Waals surface area contributed by atoms with Gasteiger partial charge in [0.25, 0.3) is 0 Å². The average molecular weight is 188 g/mol.